The topological polar surface area (TPSA) is 80.0 Å². The van der Waals surface area contributed by atoms with Crippen molar-refractivity contribution in [1.29, 1.82) is 0 Å². The summed E-state index contributed by atoms with van der Waals surface area (Å²) in [7, 11) is 1.75. The van der Waals surface area contributed by atoms with Gasteiger partial charge in [-0.05, 0) is 66.1 Å². The van der Waals surface area contributed by atoms with E-state index < -0.39 is 11.9 Å². The minimum absolute atomic E-state index is 0.0943. The minimum atomic E-state index is -0.858. The van der Waals surface area contributed by atoms with Crippen molar-refractivity contribution in [3.05, 3.63) is 89.7 Å². The average Bonchev–Trinajstić information content (AvgIpc) is 3.34. The average molecular weight is 472 g/mol. The van der Waals surface area contributed by atoms with Crippen LogP contribution in [0.15, 0.2) is 77.2 Å². The van der Waals surface area contributed by atoms with Gasteiger partial charge in [-0.15, -0.1) is 0 Å². The molecule has 6 heteroatoms. The number of rotatable bonds is 9. The zero-order chi connectivity index (χ0) is 24.9. The molecule has 0 fully saturated rings. The molecule has 6 nitrogen and oxygen atoms in total. The predicted molar refractivity (Wildman–Crippen MR) is 136 cm³/mol. The Morgan fingerprint density at radius 3 is 2.40 bits per heavy atom. The van der Waals surface area contributed by atoms with Gasteiger partial charge in [0.05, 0.1) is 19.1 Å². The quantitative estimate of drug-likeness (QED) is 0.308. The number of benzene rings is 3. The van der Waals surface area contributed by atoms with Gasteiger partial charge < -0.3 is 19.2 Å². The van der Waals surface area contributed by atoms with Crippen LogP contribution in [-0.2, 0) is 11.3 Å². The van der Waals surface area contributed by atoms with Crippen molar-refractivity contribution in [2.45, 2.75) is 32.7 Å². The van der Waals surface area contributed by atoms with Gasteiger partial charge in [-0.3, -0.25) is 9.59 Å². The lowest BCUT2D eigenvalue weighted by Crippen LogP contribution is -2.25. The van der Waals surface area contributed by atoms with Crippen molar-refractivity contribution in [2.24, 2.45) is 0 Å². The van der Waals surface area contributed by atoms with Gasteiger partial charge in [0.15, 0.2) is 0 Å². The number of carbonyl (C=O) groups is 2. The van der Waals surface area contributed by atoms with Crippen molar-refractivity contribution in [3.8, 4) is 17.1 Å². The van der Waals surface area contributed by atoms with Gasteiger partial charge in [-0.25, -0.2) is 0 Å². The number of carboxylic acids is 1. The van der Waals surface area contributed by atoms with Crippen molar-refractivity contribution in [2.75, 3.05) is 13.7 Å². The second kappa shape index (κ2) is 10.5. The lowest BCUT2D eigenvalue weighted by molar-refractivity contribution is -0.138. The molecule has 1 heterocycles. The number of hydrogen-bond acceptors (Lipinski definition) is 4. The van der Waals surface area contributed by atoms with Gasteiger partial charge in [-0.1, -0.05) is 43.3 Å². The molecule has 0 saturated carbocycles. The Balaban J connectivity index is 1.43. The maximum Gasteiger partial charge on any atom is 0.310 e. The summed E-state index contributed by atoms with van der Waals surface area (Å²) in [5.41, 5.74) is 2.19. The molecular weight excluding hydrogens is 442 g/mol. The summed E-state index contributed by atoms with van der Waals surface area (Å²) in [6.07, 6.45) is 0.952. The highest BCUT2D eigenvalue weighted by Crippen LogP contribution is 2.26. The molecule has 180 valence electrons. The van der Waals surface area contributed by atoms with Gasteiger partial charge in [0.25, 0.3) is 5.91 Å². The molecule has 0 aliphatic carbocycles. The van der Waals surface area contributed by atoms with Crippen molar-refractivity contribution in [1.82, 2.24) is 4.90 Å². The summed E-state index contributed by atoms with van der Waals surface area (Å²) in [5, 5.41) is 11.2. The smallest absolute Gasteiger partial charge is 0.310 e. The van der Waals surface area contributed by atoms with E-state index in [1.54, 1.807) is 31.0 Å². The highest BCUT2D eigenvalue weighted by molar-refractivity contribution is 5.98. The van der Waals surface area contributed by atoms with E-state index in [0.29, 0.717) is 30.2 Å². The monoisotopic (exact) mass is 471 g/mol. The van der Waals surface area contributed by atoms with Crippen molar-refractivity contribution >= 4 is 22.6 Å². The second-order valence-electron chi connectivity index (χ2n) is 8.68. The first kappa shape index (κ1) is 24.1. The summed E-state index contributed by atoms with van der Waals surface area (Å²) in [6.45, 7) is 4.73. The van der Waals surface area contributed by atoms with Gasteiger partial charge in [0.1, 0.15) is 17.3 Å². The molecule has 35 heavy (non-hydrogen) atoms. The summed E-state index contributed by atoms with van der Waals surface area (Å²) in [6, 6.07) is 22.5. The molecule has 1 atom stereocenters. The first-order valence-electron chi connectivity index (χ1n) is 11.7. The third kappa shape index (κ3) is 5.54. The first-order valence-corrected chi connectivity index (χ1v) is 11.7. The SMILES string of the molecule is CCCOc1ccc2cc(C(=O)N(C)Cc3ccc(-c4ccc(C(C)C(=O)O)cc4)o3)ccc2c1. The van der Waals surface area contributed by atoms with Gasteiger partial charge in [-0.2, -0.15) is 0 Å². The van der Waals surface area contributed by atoms with Crippen LogP contribution >= 0.6 is 0 Å². The molecular formula is C29H29NO5. The van der Waals surface area contributed by atoms with Crippen LogP contribution in [0.1, 0.15) is 47.9 Å². The van der Waals surface area contributed by atoms with Gasteiger partial charge >= 0.3 is 5.97 Å². The summed E-state index contributed by atoms with van der Waals surface area (Å²) < 4.78 is 11.7. The lowest BCUT2D eigenvalue weighted by atomic mass is 9.99. The van der Waals surface area contributed by atoms with Crippen LogP contribution in [0.4, 0.5) is 0 Å². The number of ether oxygens (including phenoxy) is 1. The number of amides is 1. The number of carbonyl (C=O) groups excluding carboxylic acids is 1. The van der Waals surface area contributed by atoms with Crippen molar-refractivity contribution < 1.29 is 23.8 Å². The van der Waals surface area contributed by atoms with Crippen LogP contribution < -0.4 is 4.74 Å². The van der Waals surface area contributed by atoms with Crippen LogP contribution in [0.25, 0.3) is 22.1 Å². The summed E-state index contributed by atoms with van der Waals surface area (Å²) in [4.78, 5) is 25.8. The van der Waals surface area contributed by atoms with Crippen LogP contribution in [0.5, 0.6) is 5.75 Å². The Morgan fingerprint density at radius 1 is 0.971 bits per heavy atom. The van der Waals surface area contributed by atoms with E-state index in [1.807, 2.05) is 60.7 Å². The minimum Gasteiger partial charge on any atom is -0.494 e. The first-order chi connectivity index (χ1) is 16.9. The van der Waals surface area contributed by atoms with E-state index in [0.717, 1.165) is 34.1 Å². The molecule has 1 N–H and O–H groups in total. The molecule has 0 aliphatic heterocycles. The highest BCUT2D eigenvalue weighted by Gasteiger charge is 2.16. The molecule has 0 saturated heterocycles. The molecule has 3 aromatic carbocycles. The zero-order valence-electron chi connectivity index (χ0n) is 20.2. The fraction of sp³-hybridized carbons (Fsp3) is 0.241. The standard InChI is InChI=1S/C29H29NO5/c1-4-15-34-25-12-11-22-16-24(10-9-23(22)17-25)28(31)30(3)18-26-13-14-27(35-26)21-7-5-20(6-8-21)19(2)29(32)33/h5-14,16-17,19H,4,15,18H2,1-3H3,(H,32,33). The van der Waals surface area contributed by atoms with Gasteiger partial charge in [0, 0.05) is 18.2 Å². The number of aliphatic carboxylic acids is 1. The molecule has 4 rings (SSSR count). The molecule has 0 radical (unpaired) electrons. The van der Waals surface area contributed by atoms with E-state index in [9.17, 15) is 14.7 Å². The van der Waals surface area contributed by atoms with Crippen LogP contribution in [0.3, 0.4) is 0 Å². The molecule has 0 bridgehead atoms. The summed E-state index contributed by atoms with van der Waals surface area (Å²) in [5.74, 6) is 0.642. The summed E-state index contributed by atoms with van der Waals surface area (Å²) >= 11 is 0. The Kier molecular flexibility index (Phi) is 7.20. The van der Waals surface area contributed by atoms with E-state index in [2.05, 4.69) is 6.92 Å². The Hall–Kier alpha value is -4.06. The molecule has 1 unspecified atom stereocenters. The fourth-order valence-corrected chi connectivity index (χ4v) is 3.89. The highest BCUT2D eigenvalue weighted by atomic mass is 16.5. The molecule has 0 aliphatic rings. The van der Waals surface area contributed by atoms with E-state index in [1.165, 1.54) is 0 Å². The Labute approximate surface area is 204 Å². The molecule has 1 amide bonds. The zero-order valence-corrected chi connectivity index (χ0v) is 20.2. The second-order valence-corrected chi connectivity index (χ2v) is 8.68. The maximum absolute atomic E-state index is 13.0. The number of hydrogen-bond donors (Lipinski definition) is 1. The molecule has 4 aromatic rings. The van der Waals surface area contributed by atoms with Crippen LogP contribution in [0.2, 0.25) is 0 Å². The van der Waals surface area contributed by atoms with E-state index >= 15 is 0 Å². The third-order valence-corrected chi connectivity index (χ3v) is 6.00. The predicted octanol–water partition coefficient (Wildman–Crippen LogP) is 6.35. The largest absolute Gasteiger partial charge is 0.494 e. The number of nitrogens with zero attached hydrogens (tertiary/aromatic N) is 1. The Morgan fingerprint density at radius 2 is 1.69 bits per heavy atom. The van der Waals surface area contributed by atoms with Crippen LogP contribution in [-0.4, -0.2) is 35.5 Å². The fourth-order valence-electron chi connectivity index (χ4n) is 3.89. The van der Waals surface area contributed by atoms with E-state index in [-0.39, 0.29) is 5.91 Å². The maximum atomic E-state index is 13.0. The van der Waals surface area contributed by atoms with Gasteiger partial charge in [0.2, 0.25) is 0 Å². The number of furan rings is 1. The van der Waals surface area contributed by atoms with E-state index in [4.69, 9.17) is 9.15 Å². The normalized spacial score (nSPS) is 11.9. The number of fused-ring (bicyclic) bond motifs is 1. The molecule has 0 spiro atoms. The number of carboxylic acid groups (broad SMARTS) is 1. The third-order valence-electron chi connectivity index (χ3n) is 6.00. The lowest BCUT2D eigenvalue weighted by Gasteiger charge is -2.16. The van der Waals surface area contributed by atoms with Crippen LogP contribution in [0, 0.1) is 0 Å². The Bertz CT molecular complexity index is 1340. The molecule has 1 aromatic heterocycles. The van der Waals surface area contributed by atoms with Crippen molar-refractivity contribution in [3.63, 3.8) is 0 Å².